The number of sulfone groups is 1. The molecule has 3 aromatic rings. The first-order valence-electron chi connectivity index (χ1n) is 12.6. The van der Waals surface area contributed by atoms with Crippen LogP contribution >= 0.6 is 0 Å². The number of hydrogen-bond donors (Lipinski definition) is 0. The molecule has 0 N–H and O–H groups in total. The summed E-state index contributed by atoms with van der Waals surface area (Å²) in [6.45, 7) is 2.08. The van der Waals surface area contributed by atoms with E-state index in [1.165, 1.54) is 29.2 Å². The van der Waals surface area contributed by atoms with Gasteiger partial charge in [0.2, 0.25) is 11.8 Å². The third-order valence-corrected chi connectivity index (χ3v) is 9.50. The van der Waals surface area contributed by atoms with Crippen LogP contribution in [0.2, 0.25) is 0 Å². The van der Waals surface area contributed by atoms with Crippen LogP contribution in [-0.2, 0) is 24.2 Å². The van der Waals surface area contributed by atoms with Crippen molar-refractivity contribution in [1.82, 2.24) is 0 Å². The van der Waals surface area contributed by atoms with Crippen molar-refractivity contribution in [2.45, 2.75) is 42.3 Å². The molecule has 202 valence electrons. The summed E-state index contributed by atoms with van der Waals surface area (Å²) in [6.07, 6.45) is 2.71. The zero-order valence-corrected chi connectivity index (χ0v) is 22.1. The minimum atomic E-state index is -3.32. The second-order valence-electron chi connectivity index (χ2n) is 10.7. The Morgan fingerprint density at radius 2 is 1.67 bits per heavy atom. The number of anilines is 1. The predicted molar refractivity (Wildman–Crippen MR) is 141 cm³/mol. The van der Waals surface area contributed by atoms with Crippen LogP contribution < -0.4 is 9.64 Å². The lowest BCUT2D eigenvalue weighted by Crippen LogP contribution is -2.43. The number of ether oxygens (including phenoxy) is 2. The number of amides is 2. The number of nitro benzene ring substituents is 1. The molecule has 2 bridgehead atoms. The molecule has 0 saturated carbocycles. The SMILES string of the molecule is CC12CCC(CCOc3ccc(S(C)(=O)=O)cc3)(O1)C1C(=O)N(c3ccc([N+](=O)[O-])c4ccccc34)C(=O)C12. The van der Waals surface area contributed by atoms with E-state index in [2.05, 4.69) is 0 Å². The smallest absolute Gasteiger partial charge is 0.277 e. The van der Waals surface area contributed by atoms with Crippen LogP contribution in [0.5, 0.6) is 5.75 Å². The Morgan fingerprint density at radius 1 is 1.00 bits per heavy atom. The van der Waals surface area contributed by atoms with Gasteiger partial charge in [0.1, 0.15) is 5.75 Å². The van der Waals surface area contributed by atoms with Crippen molar-refractivity contribution in [2.24, 2.45) is 11.8 Å². The summed E-state index contributed by atoms with van der Waals surface area (Å²) in [5.41, 5.74) is -1.45. The minimum absolute atomic E-state index is 0.0952. The Morgan fingerprint density at radius 3 is 2.33 bits per heavy atom. The highest BCUT2D eigenvalue weighted by molar-refractivity contribution is 7.90. The predicted octanol–water partition coefficient (Wildman–Crippen LogP) is 4.05. The Balaban J connectivity index is 1.29. The van der Waals surface area contributed by atoms with Gasteiger partial charge in [-0.2, -0.15) is 0 Å². The fraction of sp³-hybridized carbons (Fsp3) is 0.357. The maximum atomic E-state index is 14.0. The van der Waals surface area contributed by atoms with E-state index in [4.69, 9.17) is 9.47 Å². The summed E-state index contributed by atoms with van der Waals surface area (Å²) in [5.74, 6) is -1.60. The van der Waals surface area contributed by atoms with Crippen molar-refractivity contribution in [3.8, 4) is 5.75 Å². The number of carbonyl (C=O) groups is 2. The number of hydrogen-bond acceptors (Lipinski definition) is 8. The van der Waals surface area contributed by atoms with Gasteiger partial charge in [0.25, 0.3) is 5.69 Å². The molecule has 3 aliphatic heterocycles. The van der Waals surface area contributed by atoms with Crippen molar-refractivity contribution in [2.75, 3.05) is 17.8 Å². The number of benzene rings is 3. The molecule has 0 aliphatic carbocycles. The van der Waals surface area contributed by atoms with Crippen LogP contribution in [0, 0.1) is 22.0 Å². The Bertz CT molecular complexity index is 1650. The molecule has 6 rings (SSSR count). The van der Waals surface area contributed by atoms with E-state index in [0.29, 0.717) is 41.5 Å². The number of imide groups is 1. The molecule has 3 heterocycles. The first-order chi connectivity index (χ1) is 18.5. The Kier molecular flexibility index (Phi) is 5.60. The van der Waals surface area contributed by atoms with Gasteiger partial charge >= 0.3 is 0 Å². The molecule has 0 spiro atoms. The summed E-state index contributed by atoms with van der Waals surface area (Å²) >= 11 is 0. The zero-order chi connectivity index (χ0) is 27.7. The Labute approximate surface area is 224 Å². The summed E-state index contributed by atoms with van der Waals surface area (Å²) in [5, 5.41) is 12.4. The molecule has 0 radical (unpaired) electrons. The maximum Gasteiger partial charge on any atom is 0.277 e. The summed E-state index contributed by atoms with van der Waals surface area (Å²) in [7, 11) is -3.32. The Hall–Kier alpha value is -3.83. The quantitative estimate of drug-likeness (QED) is 0.244. The lowest BCUT2D eigenvalue weighted by atomic mass is 9.67. The molecule has 11 heteroatoms. The van der Waals surface area contributed by atoms with Gasteiger partial charge in [-0.25, -0.2) is 13.3 Å². The number of rotatable bonds is 7. The van der Waals surface area contributed by atoms with Crippen molar-refractivity contribution >= 4 is 43.8 Å². The van der Waals surface area contributed by atoms with Gasteiger partial charge < -0.3 is 9.47 Å². The second-order valence-corrected chi connectivity index (χ2v) is 12.7. The van der Waals surface area contributed by atoms with Crippen LogP contribution in [0.3, 0.4) is 0 Å². The highest BCUT2D eigenvalue weighted by atomic mass is 32.2. The van der Waals surface area contributed by atoms with E-state index in [1.54, 1.807) is 36.4 Å². The third-order valence-electron chi connectivity index (χ3n) is 8.37. The topological polar surface area (TPSA) is 133 Å². The molecule has 4 atom stereocenters. The van der Waals surface area contributed by atoms with Crippen molar-refractivity contribution in [3.63, 3.8) is 0 Å². The molecule has 3 aromatic carbocycles. The van der Waals surface area contributed by atoms with E-state index < -0.39 is 37.8 Å². The van der Waals surface area contributed by atoms with E-state index in [-0.39, 0.29) is 29.0 Å². The lowest BCUT2D eigenvalue weighted by molar-refractivity contribution is -0.383. The van der Waals surface area contributed by atoms with Gasteiger partial charge in [0.05, 0.1) is 50.5 Å². The molecule has 3 aliphatic rings. The monoisotopic (exact) mass is 550 g/mol. The van der Waals surface area contributed by atoms with Crippen LogP contribution in [0.1, 0.15) is 26.2 Å². The van der Waals surface area contributed by atoms with Gasteiger partial charge in [-0.1, -0.05) is 18.2 Å². The number of fused-ring (bicyclic) bond motifs is 6. The van der Waals surface area contributed by atoms with E-state index >= 15 is 0 Å². The molecular formula is C28H26N2O8S. The molecule has 10 nitrogen and oxygen atoms in total. The average Bonchev–Trinajstić information content (AvgIpc) is 3.47. The van der Waals surface area contributed by atoms with Crippen LogP contribution in [0.4, 0.5) is 11.4 Å². The molecule has 4 unspecified atom stereocenters. The van der Waals surface area contributed by atoms with Crippen LogP contribution in [0.25, 0.3) is 10.8 Å². The first-order valence-corrected chi connectivity index (χ1v) is 14.5. The first kappa shape index (κ1) is 25.4. The lowest BCUT2D eigenvalue weighted by Gasteiger charge is -2.31. The van der Waals surface area contributed by atoms with Gasteiger partial charge in [-0.3, -0.25) is 19.7 Å². The molecule has 3 saturated heterocycles. The van der Waals surface area contributed by atoms with Crippen molar-refractivity contribution in [3.05, 3.63) is 70.8 Å². The summed E-state index contributed by atoms with van der Waals surface area (Å²) < 4.78 is 35.8. The second kappa shape index (κ2) is 8.59. The highest BCUT2D eigenvalue weighted by Gasteiger charge is 2.73. The largest absolute Gasteiger partial charge is 0.493 e. The minimum Gasteiger partial charge on any atom is -0.493 e. The summed E-state index contributed by atoms with van der Waals surface area (Å²) in [4.78, 5) is 40.3. The number of nitro groups is 1. The molecule has 2 amide bonds. The van der Waals surface area contributed by atoms with Crippen LogP contribution in [-0.4, -0.2) is 49.2 Å². The standard InChI is InChI=1S/C28H26N2O8S/c1-27-13-14-28(38-27,15-16-37-17-7-9-18(10-8-17)39(2,35)36)24-23(27)25(31)29(26(24)32)21-11-12-22(30(33)34)20-6-4-3-5-19(20)21/h3-12,23-24H,13-16H2,1-2H3. The van der Waals surface area contributed by atoms with E-state index in [1.807, 2.05) is 6.92 Å². The number of nitrogens with zero attached hydrogens (tertiary/aromatic N) is 2. The molecule has 0 aromatic heterocycles. The normalized spacial score (nSPS) is 27.8. The average molecular weight is 551 g/mol. The molecule has 39 heavy (non-hydrogen) atoms. The fourth-order valence-corrected chi connectivity index (χ4v) is 7.22. The number of non-ortho nitro benzene ring substituents is 1. The zero-order valence-electron chi connectivity index (χ0n) is 21.3. The van der Waals surface area contributed by atoms with Gasteiger partial charge in [0.15, 0.2) is 9.84 Å². The summed E-state index contributed by atoms with van der Waals surface area (Å²) in [6, 6.07) is 15.6. The van der Waals surface area contributed by atoms with Gasteiger partial charge in [-0.05, 0) is 56.2 Å². The third kappa shape index (κ3) is 3.82. The molecule has 3 fully saturated rings. The molecular weight excluding hydrogens is 524 g/mol. The van der Waals surface area contributed by atoms with Crippen LogP contribution in [0.15, 0.2) is 65.6 Å². The maximum absolute atomic E-state index is 14.0. The fourth-order valence-electron chi connectivity index (χ4n) is 6.59. The van der Waals surface area contributed by atoms with Crippen molar-refractivity contribution in [1.29, 1.82) is 0 Å². The van der Waals surface area contributed by atoms with E-state index in [9.17, 15) is 28.1 Å². The number of carbonyl (C=O) groups excluding carboxylic acids is 2. The van der Waals surface area contributed by atoms with Gasteiger partial charge in [0, 0.05) is 24.1 Å². The van der Waals surface area contributed by atoms with Gasteiger partial charge in [-0.15, -0.1) is 0 Å². The highest BCUT2D eigenvalue weighted by Crippen LogP contribution is 2.62. The van der Waals surface area contributed by atoms with E-state index in [0.717, 1.165) is 6.26 Å². The van der Waals surface area contributed by atoms with Crippen molar-refractivity contribution < 1.29 is 32.4 Å².